The summed E-state index contributed by atoms with van der Waals surface area (Å²) in [4.78, 5) is 51.5. The van der Waals surface area contributed by atoms with Gasteiger partial charge in [0.2, 0.25) is 11.6 Å². The maximum Gasteiger partial charge on any atom is 0.303 e. The zero-order valence-electron chi connectivity index (χ0n) is 20.5. The Morgan fingerprint density at radius 1 is 0.917 bits per heavy atom. The Balaban J connectivity index is 2.19. The van der Waals surface area contributed by atoms with Crippen LogP contribution in [0.25, 0.3) is 10.8 Å². The number of rotatable bonds is 5. The van der Waals surface area contributed by atoms with Crippen LogP contribution >= 0.6 is 0 Å². The summed E-state index contributed by atoms with van der Waals surface area (Å²) in [5.41, 5.74) is -5.49. The molecule has 0 aromatic heterocycles. The molecule has 2 aromatic rings. The van der Waals surface area contributed by atoms with Gasteiger partial charge < -0.3 is 33.9 Å². The molecule has 0 bridgehead atoms. The van der Waals surface area contributed by atoms with E-state index >= 15 is 0 Å². The molecule has 1 fully saturated rings. The van der Waals surface area contributed by atoms with Crippen molar-refractivity contribution in [1.82, 2.24) is 0 Å². The molecule has 2 aromatic carbocycles. The lowest BCUT2D eigenvalue weighted by Crippen LogP contribution is -2.72. The maximum absolute atomic E-state index is 14.1. The summed E-state index contributed by atoms with van der Waals surface area (Å²) >= 11 is 0. The Hall–Kier alpha value is -3.70. The molecule has 2 aliphatic carbocycles. The summed E-state index contributed by atoms with van der Waals surface area (Å²) in [6.07, 6.45) is -3.85. The Morgan fingerprint density at radius 3 is 2.06 bits per heavy atom. The lowest BCUT2D eigenvalue weighted by atomic mass is 9.64. The monoisotopic (exact) mass is 502 g/mol. The lowest BCUT2D eigenvalue weighted by molar-refractivity contribution is -0.219. The highest BCUT2D eigenvalue weighted by Crippen LogP contribution is 2.60. The maximum atomic E-state index is 14.1. The predicted molar refractivity (Wildman–Crippen MR) is 122 cm³/mol. The van der Waals surface area contributed by atoms with Crippen molar-refractivity contribution in [2.75, 3.05) is 21.3 Å². The Bertz CT molecular complexity index is 1310. The molecular formula is C25H26O11. The zero-order valence-corrected chi connectivity index (χ0v) is 20.5. The highest BCUT2D eigenvalue weighted by atomic mass is 16.6. The number of carbonyl (C=O) groups is 4. The molecule has 11 heteroatoms. The first kappa shape index (κ1) is 25.4. The number of fused-ring (bicyclic) bond motifs is 4. The van der Waals surface area contributed by atoms with Gasteiger partial charge in [0.25, 0.3) is 0 Å². The molecule has 0 radical (unpaired) electrons. The van der Waals surface area contributed by atoms with Crippen LogP contribution < -0.4 is 14.2 Å². The van der Waals surface area contributed by atoms with Crippen molar-refractivity contribution in [3.63, 3.8) is 0 Å². The SMILES string of the molecule is COc1c2c(c(OC)c3c(OC)cccc13)C(=O)[C@]1(O)[C@@H](OC(C)=O)[C@@](C)(O)C(=O)[C@@H](OC(C)=O)[C@H]21. The van der Waals surface area contributed by atoms with Crippen LogP contribution in [0, 0.1) is 0 Å². The van der Waals surface area contributed by atoms with Crippen LogP contribution in [0.4, 0.5) is 0 Å². The molecule has 0 spiro atoms. The zero-order chi connectivity index (χ0) is 26.7. The number of methoxy groups -OCH3 is 3. The average Bonchev–Trinajstić information content (AvgIpc) is 3.05. The molecule has 0 unspecified atom stereocenters. The van der Waals surface area contributed by atoms with E-state index in [9.17, 15) is 29.4 Å². The third kappa shape index (κ3) is 3.19. The summed E-state index contributed by atoms with van der Waals surface area (Å²) in [5.74, 6) is -5.11. The third-order valence-electron chi connectivity index (χ3n) is 6.79. The molecule has 0 aliphatic heterocycles. The smallest absolute Gasteiger partial charge is 0.303 e. The van der Waals surface area contributed by atoms with E-state index < -0.39 is 52.8 Å². The van der Waals surface area contributed by atoms with Crippen molar-refractivity contribution >= 4 is 34.3 Å². The van der Waals surface area contributed by atoms with E-state index in [1.54, 1.807) is 18.2 Å². The van der Waals surface area contributed by atoms with Gasteiger partial charge >= 0.3 is 11.9 Å². The minimum Gasteiger partial charge on any atom is -0.496 e. The molecule has 2 N–H and O–H groups in total. The van der Waals surface area contributed by atoms with Gasteiger partial charge in [-0.1, -0.05) is 12.1 Å². The summed E-state index contributed by atoms with van der Waals surface area (Å²) < 4.78 is 27.2. The molecule has 4 rings (SSSR count). The first-order chi connectivity index (χ1) is 16.9. The second-order valence-electron chi connectivity index (χ2n) is 8.90. The summed E-state index contributed by atoms with van der Waals surface area (Å²) in [7, 11) is 4.06. The van der Waals surface area contributed by atoms with Crippen LogP contribution in [0.2, 0.25) is 0 Å². The molecule has 2 aliphatic rings. The molecular weight excluding hydrogens is 476 g/mol. The fraction of sp³-hybridized carbons (Fsp3) is 0.440. The quantitative estimate of drug-likeness (QED) is 0.564. The Morgan fingerprint density at radius 2 is 1.53 bits per heavy atom. The molecule has 192 valence electrons. The first-order valence-corrected chi connectivity index (χ1v) is 11.0. The van der Waals surface area contributed by atoms with Crippen molar-refractivity contribution in [2.24, 2.45) is 0 Å². The summed E-state index contributed by atoms with van der Waals surface area (Å²) in [6, 6.07) is 4.96. The van der Waals surface area contributed by atoms with Crippen molar-refractivity contribution < 1.29 is 53.1 Å². The van der Waals surface area contributed by atoms with Crippen LogP contribution in [-0.4, -0.2) is 78.5 Å². The van der Waals surface area contributed by atoms with Crippen molar-refractivity contribution in [3.8, 4) is 17.2 Å². The Labute approximate surface area is 205 Å². The van der Waals surface area contributed by atoms with E-state index in [2.05, 4.69) is 0 Å². The van der Waals surface area contributed by atoms with Crippen LogP contribution in [0.15, 0.2) is 18.2 Å². The van der Waals surface area contributed by atoms with Gasteiger partial charge in [-0.2, -0.15) is 0 Å². The van der Waals surface area contributed by atoms with Gasteiger partial charge in [-0.15, -0.1) is 0 Å². The van der Waals surface area contributed by atoms with Gasteiger partial charge in [0.1, 0.15) is 17.2 Å². The normalized spacial score (nSPS) is 28.8. The minimum absolute atomic E-state index is 0.00122. The van der Waals surface area contributed by atoms with Crippen LogP contribution in [0.1, 0.15) is 42.6 Å². The predicted octanol–water partition coefficient (Wildman–Crippen LogP) is 1.07. The number of hydrogen-bond donors (Lipinski definition) is 2. The number of carbonyl (C=O) groups excluding carboxylic acids is 4. The number of ketones is 2. The summed E-state index contributed by atoms with van der Waals surface area (Å²) in [6.45, 7) is 3.03. The first-order valence-electron chi connectivity index (χ1n) is 11.0. The van der Waals surface area contributed by atoms with E-state index in [0.717, 1.165) is 20.8 Å². The number of Topliss-reactive ketones (excluding diaryl/α,β-unsaturated/α-hetero) is 2. The second kappa shape index (κ2) is 8.45. The third-order valence-corrected chi connectivity index (χ3v) is 6.79. The molecule has 36 heavy (non-hydrogen) atoms. The standard InChI is InChI=1S/C25H26O11/c1-10(26)35-20-17-15-16(19(34-6)14-12(18(15)33-5)8-7-9-13(14)32-4)21(28)25(17,31)23(36-11(2)27)24(3,30)22(20)29/h7-9,17,20,23,30-31H,1-6H3/t17-,20-,23-,24-,25-/m0/s1. The lowest BCUT2D eigenvalue weighted by Gasteiger charge is -2.49. The van der Waals surface area contributed by atoms with Gasteiger partial charge in [-0.25, -0.2) is 0 Å². The van der Waals surface area contributed by atoms with Crippen molar-refractivity contribution in [1.29, 1.82) is 0 Å². The van der Waals surface area contributed by atoms with Crippen LogP contribution in [0.5, 0.6) is 17.2 Å². The number of hydrogen-bond acceptors (Lipinski definition) is 11. The average molecular weight is 502 g/mol. The molecule has 11 nitrogen and oxygen atoms in total. The van der Waals surface area contributed by atoms with Gasteiger partial charge in [-0.3, -0.25) is 19.2 Å². The van der Waals surface area contributed by atoms with E-state index in [1.807, 2.05) is 0 Å². The number of esters is 2. The van der Waals surface area contributed by atoms with Crippen LogP contribution in [0.3, 0.4) is 0 Å². The van der Waals surface area contributed by atoms with Crippen molar-refractivity contribution in [3.05, 3.63) is 29.3 Å². The Kier molecular flexibility index (Phi) is 5.96. The number of benzene rings is 2. The largest absolute Gasteiger partial charge is 0.496 e. The van der Waals surface area contributed by atoms with E-state index in [0.29, 0.717) is 16.5 Å². The molecule has 1 saturated carbocycles. The van der Waals surface area contributed by atoms with Gasteiger partial charge in [-0.05, 0) is 13.0 Å². The van der Waals surface area contributed by atoms with Gasteiger partial charge in [0.05, 0.1) is 38.2 Å². The fourth-order valence-corrected chi connectivity index (χ4v) is 5.47. The highest BCUT2D eigenvalue weighted by Gasteiger charge is 2.74. The summed E-state index contributed by atoms with van der Waals surface area (Å²) in [5, 5.41) is 24.0. The highest BCUT2D eigenvalue weighted by molar-refractivity contribution is 6.19. The molecule has 5 atom stereocenters. The molecule has 0 saturated heterocycles. The van der Waals surface area contributed by atoms with Crippen LogP contribution in [-0.2, 0) is 23.9 Å². The molecule has 0 heterocycles. The second-order valence-corrected chi connectivity index (χ2v) is 8.90. The van der Waals surface area contributed by atoms with E-state index in [4.69, 9.17) is 23.7 Å². The fourth-order valence-electron chi connectivity index (χ4n) is 5.47. The molecule has 0 amide bonds. The van der Waals surface area contributed by atoms with E-state index in [1.165, 1.54) is 21.3 Å². The number of aliphatic hydroxyl groups is 2. The van der Waals surface area contributed by atoms with Gasteiger partial charge in [0.15, 0.2) is 23.4 Å². The minimum atomic E-state index is -2.73. The van der Waals surface area contributed by atoms with E-state index in [-0.39, 0.29) is 22.6 Å². The van der Waals surface area contributed by atoms with Gasteiger partial charge in [0, 0.05) is 24.8 Å². The number of ether oxygens (including phenoxy) is 5. The van der Waals surface area contributed by atoms with Crippen molar-refractivity contribution in [2.45, 2.75) is 50.1 Å². The topological polar surface area (TPSA) is 155 Å².